The van der Waals surface area contributed by atoms with E-state index < -0.39 is 10.0 Å². The minimum absolute atomic E-state index is 0.0975. The number of aromatic nitrogens is 1. The molecule has 0 spiro atoms. The molecule has 0 atom stereocenters. The Balaban J connectivity index is 2.37. The molecule has 1 fully saturated rings. The molecule has 0 amide bonds. The lowest BCUT2D eigenvalue weighted by atomic mass is 10.5. The molecule has 0 aliphatic heterocycles. The summed E-state index contributed by atoms with van der Waals surface area (Å²) in [4.78, 5) is 3.98. The van der Waals surface area contributed by atoms with Crippen LogP contribution in [0.3, 0.4) is 0 Å². The molecule has 0 bridgehead atoms. The van der Waals surface area contributed by atoms with Crippen molar-refractivity contribution in [2.24, 2.45) is 5.84 Å². The number of rotatable bonds is 5. The van der Waals surface area contributed by atoms with Crippen molar-refractivity contribution in [3.05, 3.63) is 17.3 Å². The van der Waals surface area contributed by atoms with E-state index in [1.165, 1.54) is 16.6 Å². The molecular weight excluding hydrogens is 276 g/mol. The van der Waals surface area contributed by atoms with Crippen molar-refractivity contribution < 1.29 is 8.42 Å². The number of nitrogen functional groups attached to an aromatic ring is 1. The van der Waals surface area contributed by atoms with Gasteiger partial charge in [-0.2, -0.15) is 4.31 Å². The minimum Gasteiger partial charge on any atom is -0.307 e. The lowest BCUT2D eigenvalue weighted by Gasteiger charge is -2.20. The molecule has 1 heterocycles. The van der Waals surface area contributed by atoms with E-state index in [4.69, 9.17) is 17.4 Å². The van der Waals surface area contributed by atoms with Crippen LogP contribution in [0.15, 0.2) is 17.2 Å². The zero-order valence-electron chi connectivity index (χ0n) is 9.93. The van der Waals surface area contributed by atoms with Crippen molar-refractivity contribution >= 4 is 27.4 Å². The van der Waals surface area contributed by atoms with Gasteiger partial charge in [0.1, 0.15) is 4.90 Å². The van der Waals surface area contributed by atoms with Crippen molar-refractivity contribution in [2.45, 2.75) is 30.7 Å². The largest absolute Gasteiger partial charge is 0.307 e. The highest BCUT2D eigenvalue weighted by Crippen LogP contribution is 2.32. The van der Waals surface area contributed by atoms with Gasteiger partial charge < -0.3 is 5.43 Å². The number of sulfonamides is 1. The Bertz CT molecular complexity index is 545. The zero-order chi connectivity index (χ0) is 13.3. The summed E-state index contributed by atoms with van der Waals surface area (Å²) in [5.41, 5.74) is 2.30. The number of nitrogens with one attached hydrogen (secondary N) is 1. The second-order valence-corrected chi connectivity index (χ2v) is 6.38. The van der Waals surface area contributed by atoms with Gasteiger partial charge in [-0.25, -0.2) is 19.2 Å². The fraction of sp³-hybridized carbons (Fsp3) is 0.500. The van der Waals surface area contributed by atoms with Gasteiger partial charge >= 0.3 is 0 Å². The molecule has 100 valence electrons. The van der Waals surface area contributed by atoms with Gasteiger partial charge in [0.25, 0.3) is 0 Å². The smallest absolute Gasteiger partial charge is 0.244 e. The number of anilines is 1. The molecule has 0 radical (unpaired) electrons. The number of halogens is 1. The van der Waals surface area contributed by atoms with Crippen LogP contribution < -0.4 is 11.3 Å². The molecule has 1 aromatic rings. The summed E-state index contributed by atoms with van der Waals surface area (Å²) >= 11 is 5.89. The molecule has 6 nitrogen and oxygen atoms in total. The summed E-state index contributed by atoms with van der Waals surface area (Å²) in [6.07, 6.45) is 3.09. The van der Waals surface area contributed by atoms with Gasteiger partial charge in [0, 0.05) is 18.8 Å². The van der Waals surface area contributed by atoms with Gasteiger partial charge in [-0.15, -0.1) is 0 Å². The summed E-state index contributed by atoms with van der Waals surface area (Å²) in [7, 11) is -3.52. The Kier molecular flexibility index (Phi) is 3.76. The van der Waals surface area contributed by atoms with E-state index >= 15 is 0 Å². The average molecular weight is 291 g/mol. The van der Waals surface area contributed by atoms with E-state index in [0.29, 0.717) is 6.54 Å². The molecule has 0 saturated heterocycles. The predicted molar refractivity (Wildman–Crippen MR) is 69.6 cm³/mol. The first-order chi connectivity index (χ1) is 8.50. The van der Waals surface area contributed by atoms with Crippen LogP contribution in [0.2, 0.25) is 5.02 Å². The molecule has 1 saturated carbocycles. The first-order valence-electron chi connectivity index (χ1n) is 5.64. The Labute approximate surface area is 111 Å². The van der Waals surface area contributed by atoms with Crippen LogP contribution >= 0.6 is 11.6 Å². The van der Waals surface area contributed by atoms with Crippen molar-refractivity contribution in [3.8, 4) is 0 Å². The van der Waals surface area contributed by atoms with Crippen molar-refractivity contribution in [1.82, 2.24) is 9.29 Å². The minimum atomic E-state index is -3.52. The molecule has 3 N–H and O–H groups in total. The van der Waals surface area contributed by atoms with Crippen LogP contribution in [-0.4, -0.2) is 30.3 Å². The van der Waals surface area contributed by atoms with Gasteiger partial charge in [-0.05, 0) is 18.9 Å². The second-order valence-electron chi connectivity index (χ2n) is 4.09. The van der Waals surface area contributed by atoms with E-state index in [2.05, 4.69) is 10.4 Å². The van der Waals surface area contributed by atoms with Crippen LogP contribution in [0.1, 0.15) is 19.8 Å². The van der Waals surface area contributed by atoms with E-state index in [1.54, 1.807) is 0 Å². The maximum atomic E-state index is 12.4. The second kappa shape index (κ2) is 5.00. The molecule has 1 aliphatic carbocycles. The fourth-order valence-corrected chi connectivity index (χ4v) is 3.74. The lowest BCUT2D eigenvalue weighted by Crippen LogP contribution is -2.33. The molecule has 2 rings (SSSR count). The number of nitrogens with two attached hydrogens (primary N) is 1. The highest BCUT2D eigenvalue weighted by molar-refractivity contribution is 7.89. The molecule has 18 heavy (non-hydrogen) atoms. The van der Waals surface area contributed by atoms with Gasteiger partial charge in [0.15, 0.2) is 5.82 Å². The van der Waals surface area contributed by atoms with Crippen molar-refractivity contribution in [2.75, 3.05) is 12.0 Å². The number of hydrogen-bond donors (Lipinski definition) is 2. The number of hydrazine groups is 1. The third-order valence-electron chi connectivity index (χ3n) is 2.83. The van der Waals surface area contributed by atoms with E-state index in [0.717, 1.165) is 12.8 Å². The molecule has 1 aromatic heterocycles. The van der Waals surface area contributed by atoms with Crippen molar-refractivity contribution in [1.29, 1.82) is 0 Å². The van der Waals surface area contributed by atoms with Crippen molar-refractivity contribution in [3.63, 3.8) is 0 Å². The van der Waals surface area contributed by atoms with Gasteiger partial charge in [-0.1, -0.05) is 18.5 Å². The van der Waals surface area contributed by atoms with E-state index in [1.807, 2.05) is 6.92 Å². The monoisotopic (exact) mass is 290 g/mol. The first kappa shape index (κ1) is 13.5. The molecule has 0 unspecified atom stereocenters. The Morgan fingerprint density at radius 2 is 2.28 bits per heavy atom. The Hall–Kier alpha value is -0.890. The van der Waals surface area contributed by atoms with Crippen LogP contribution in [0.4, 0.5) is 5.82 Å². The average Bonchev–Trinajstić information content (AvgIpc) is 3.14. The molecular formula is C10H15ClN4O2S. The summed E-state index contributed by atoms with van der Waals surface area (Å²) in [5.74, 6) is 5.45. The summed E-state index contributed by atoms with van der Waals surface area (Å²) in [6.45, 7) is 2.27. The number of pyridine rings is 1. The Morgan fingerprint density at radius 1 is 1.61 bits per heavy atom. The van der Waals surface area contributed by atoms with Crippen LogP contribution in [0, 0.1) is 0 Å². The normalized spacial score (nSPS) is 16.0. The Morgan fingerprint density at radius 3 is 2.72 bits per heavy atom. The maximum Gasteiger partial charge on any atom is 0.244 e. The van der Waals surface area contributed by atoms with E-state index in [-0.39, 0.29) is 21.8 Å². The highest BCUT2D eigenvalue weighted by Gasteiger charge is 2.37. The van der Waals surface area contributed by atoms with Crippen LogP contribution in [0.25, 0.3) is 0 Å². The quantitative estimate of drug-likeness (QED) is 0.628. The van der Waals surface area contributed by atoms with Gasteiger partial charge in [0.05, 0.1) is 5.02 Å². The fourth-order valence-electron chi connectivity index (χ4n) is 1.79. The molecule has 0 aromatic carbocycles. The van der Waals surface area contributed by atoms with Crippen LogP contribution in [-0.2, 0) is 10.0 Å². The SMILES string of the molecule is CCN(C1CC1)S(=O)(=O)c1cnc(NN)c(Cl)c1. The third-order valence-corrected chi connectivity index (χ3v) is 5.11. The lowest BCUT2D eigenvalue weighted by molar-refractivity contribution is 0.421. The zero-order valence-corrected chi connectivity index (χ0v) is 11.5. The third kappa shape index (κ3) is 2.44. The van der Waals surface area contributed by atoms with Gasteiger partial charge in [-0.3, -0.25) is 0 Å². The molecule has 8 heteroatoms. The maximum absolute atomic E-state index is 12.4. The van der Waals surface area contributed by atoms with Gasteiger partial charge in [0.2, 0.25) is 10.0 Å². The number of hydrogen-bond acceptors (Lipinski definition) is 5. The summed E-state index contributed by atoms with van der Waals surface area (Å²) in [5, 5.41) is 0.186. The van der Waals surface area contributed by atoms with E-state index in [9.17, 15) is 8.42 Å². The topological polar surface area (TPSA) is 88.3 Å². The summed E-state index contributed by atoms with van der Waals surface area (Å²) in [6, 6.07) is 1.48. The molecule has 1 aliphatic rings. The predicted octanol–water partition coefficient (Wildman–Crippen LogP) is 1.19. The van der Waals surface area contributed by atoms with Crippen LogP contribution in [0.5, 0.6) is 0 Å². The summed E-state index contributed by atoms with van der Waals surface area (Å²) < 4.78 is 26.2. The first-order valence-corrected chi connectivity index (χ1v) is 7.46. The highest BCUT2D eigenvalue weighted by atomic mass is 35.5. The standard InChI is InChI=1S/C10H15ClN4O2S/c1-2-15(7-3-4-7)18(16,17)8-5-9(11)10(14-12)13-6-8/h5-7H,2-4,12H2,1H3,(H,13,14). The number of nitrogens with zero attached hydrogens (tertiary/aromatic N) is 2.